The molecule has 2 aliphatic heterocycles. The second-order valence-electron chi connectivity index (χ2n) is 7.26. The van der Waals surface area contributed by atoms with E-state index >= 15 is 0 Å². The van der Waals surface area contributed by atoms with Crippen LogP contribution in [0.3, 0.4) is 0 Å². The number of carbonyl (C=O) groups is 1. The largest absolute Gasteiger partial charge is 0.490 e. The van der Waals surface area contributed by atoms with E-state index in [0.29, 0.717) is 6.07 Å². The maximum Gasteiger partial charge on any atom is 0.490 e. The van der Waals surface area contributed by atoms with Crippen LogP contribution in [0.2, 0.25) is 0 Å². The Labute approximate surface area is 167 Å². The molecule has 31 heavy (non-hydrogen) atoms. The van der Waals surface area contributed by atoms with Gasteiger partial charge in [-0.3, -0.25) is 4.90 Å². The van der Waals surface area contributed by atoms with E-state index in [1.165, 1.54) is 0 Å². The van der Waals surface area contributed by atoms with E-state index in [-0.39, 0.29) is 11.0 Å². The standard InChI is InChI=1S/C18H9F8NO4/c1-16(2)15(28)31-18(29)17(25,26)30-8-4-6(19)5(3-7(8)27(16)18)9-10(20)12(22)14(24)13(23)11(9)21/h3-4,29H,1-2H3. The van der Waals surface area contributed by atoms with Gasteiger partial charge in [0.1, 0.15) is 11.4 Å². The normalized spacial score (nSPS) is 23.2. The highest BCUT2D eigenvalue weighted by molar-refractivity contribution is 5.91. The Morgan fingerprint density at radius 1 is 0.871 bits per heavy atom. The van der Waals surface area contributed by atoms with Gasteiger partial charge in [0.05, 0.1) is 11.3 Å². The van der Waals surface area contributed by atoms with Crippen molar-refractivity contribution in [2.24, 2.45) is 0 Å². The molecule has 2 heterocycles. The third kappa shape index (κ3) is 2.49. The van der Waals surface area contributed by atoms with Gasteiger partial charge in [0, 0.05) is 11.6 Å². The molecule has 1 N–H and O–H groups in total. The van der Waals surface area contributed by atoms with Crippen LogP contribution in [0.1, 0.15) is 13.8 Å². The lowest BCUT2D eigenvalue weighted by Gasteiger charge is -2.44. The van der Waals surface area contributed by atoms with E-state index in [4.69, 9.17) is 0 Å². The molecule has 0 bridgehead atoms. The molecule has 4 rings (SSSR count). The zero-order valence-corrected chi connectivity index (χ0v) is 15.3. The number of halogens is 8. The van der Waals surface area contributed by atoms with E-state index in [1.54, 1.807) is 0 Å². The molecule has 2 aromatic rings. The summed E-state index contributed by atoms with van der Waals surface area (Å²) in [5, 5.41) is 10.4. The van der Waals surface area contributed by atoms with Gasteiger partial charge in [-0.25, -0.2) is 31.1 Å². The van der Waals surface area contributed by atoms with E-state index in [2.05, 4.69) is 9.47 Å². The number of esters is 1. The minimum absolute atomic E-state index is 0.190. The van der Waals surface area contributed by atoms with E-state index in [1.807, 2.05) is 0 Å². The number of carbonyl (C=O) groups excluding carboxylic acids is 1. The summed E-state index contributed by atoms with van der Waals surface area (Å²) in [7, 11) is 0. The molecule has 5 nitrogen and oxygen atoms in total. The van der Waals surface area contributed by atoms with Gasteiger partial charge in [-0.05, 0) is 19.9 Å². The molecule has 1 fully saturated rings. The van der Waals surface area contributed by atoms with Gasteiger partial charge in [-0.15, -0.1) is 0 Å². The summed E-state index contributed by atoms with van der Waals surface area (Å²) in [4.78, 5) is 12.3. The zero-order valence-electron chi connectivity index (χ0n) is 15.3. The molecule has 0 spiro atoms. The molecular formula is C18H9F8NO4. The summed E-state index contributed by atoms with van der Waals surface area (Å²) >= 11 is 0. The fourth-order valence-corrected chi connectivity index (χ4v) is 3.46. The third-order valence-electron chi connectivity index (χ3n) is 4.98. The van der Waals surface area contributed by atoms with Gasteiger partial charge in [0.2, 0.25) is 5.82 Å². The van der Waals surface area contributed by atoms with Crippen molar-refractivity contribution in [1.82, 2.24) is 0 Å². The Hall–Kier alpha value is -3.09. The van der Waals surface area contributed by atoms with Crippen LogP contribution in [0.15, 0.2) is 12.1 Å². The lowest BCUT2D eigenvalue weighted by Crippen LogP contribution is -2.66. The Balaban J connectivity index is 2.05. The highest BCUT2D eigenvalue weighted by Crippen LogP contribution is 2.55. The number of hydrogen-bond donors (Lipinski definition) is 1. The minimum Gasteiger partial charge on any atom is -0.424 e. The minimum atomic E-state index is -4.62. The second kappa shape index (κ2) is 5.99. The maximum atomic E-state index is 14.6. The SMILES string of the molecule is CC1(C)C(=O)OC2(O)N1c1cc(-c3c(F)c(F)c(F)c(F)c3F)c(F)cc1OC2(F)F. The highest BCUT2D eigenvalue weighted by atomic mass is 19.3. The number of aliphatic hydroxyl groups is 1. The van der Waals surface area contributed by atoms with Crippen molar-refractivity contribution < 1.29 is 54.5 Å². The van der Waals surface area contributed by atoms with Gasteiger partial charge < -0.3 is 14.6 Å². The van der Waals surface area contributed by atoms with Crippen LogP contribution in [0.4, 0.5) is 40.8 Å². The average Bonchev–Trinajstić information content (AvgIpc) is 2.85. The first-order valence-electron chi connectivity index (χ1n) is 8.33. The average molecular weight is 455 g/mol. The molecule has 0 aliphatic carbocycles. The molecular weight excluding hydrogens is 446 g/mol. The third-order valence-corrected chi connectivity index (χ3v) is 4.98. The Kier molecular flexibility index (Phi) is 4.09. The van der Waals surface area contributed by atoms with Gasteiger partial charge >= 0.3 is 18.0 Å². The number of benzene rings is 2. The molecule has 1 unspecified atom stereocenters. The predicted molar refractivity (Wildman–Crippen MR) is 84.8 cm³/mol. The lowest BCUT2D eigenvalue weighted by atomic mass is 9.97. The summed E-state index contributed by atoms with van der Waals surface area (Å²) < 4.78 is 121. The molecule has 1 atom stereocenters. The summed E-state index contributed by atoms with van der Waals surface area (Å²) in [5.41, 5.74) is -5.70. The number of anilines is 1. The molecule has 1 saturated heterocycles. The number of ether oxygens (including phenoxy) is 2. The molecule has 0 saturated carbocycles. The molecule has 0 radical (unpaired) electrons. The van der Waals surface area contributed by atoms with Crippen LogP contribution in [-0.2, 0) is 9.53 Å². The first-order valence-corrected chi connectivity index (χ1v) is 8.33. The Morgan fingerprint density at radius 2 is 1.39 bits per heavy atom. The summed E-state index contributed by atoms with van der Waals surface area (Å²) in [6.07, 6.45) is -4.62. The van der Waals surface area contributed by atoms with Crippen molar-refractivity contribution in [3.63, 3.8) is 0 Å². The fourth-order valence-electron chi connectivity index (χ4n) is 3.46. The zero-order chi connectivity index (χ0) is 23.3. The number of alkyl halides is 2. The van der Waals surface area contributed by atoms with Crippen LogP contribution in [-0.4, -0.2) is 28.6 Å². The van der Waals surface area contributed by atoms with Crippen molar-refractivity contribution in [1.29, 1.82) is 0 Å². The molecule has 0 aromatic heterocycles. The molecule has 166 valence electrons. The second-order valence-corrected chi connectivity index (χ2v) is 7.26. The summed E-state index contributed by atoms with van der Waals surface area (Å²) in [6, 6.07) is 0.585. The smallest absolute Gasteiger partial charge is 0.424 e. The fraction of sp³-hybridized carbons (Fsp3) is 0.278. The summed E-state index contributed by atoms with van der Waals surface area (Å²) in [6.45, 7) is 2.06. The van der Waals surface area contributed by atoms with E-state index < -0.39 is 81.0 Å². The monoisotopic (exact) mass is 455 g/mol. The Bertz CT molecular complexity index is 1140. The number of fused-ring (bicyclic) bond motifs is 3. The van der Waals surface area contributed by atoms with Crippen molar-refractivity contribution >= 4 is 11.7 Å². The van der Waals surface area contributed by atoms with Gasteiger partial charge in [0.15, 0.2) is 29.0 Å². The first kappa shape index (κ1) is 21.2. The van der Waals surface area contributed by atoms with Crippen molar-refractivity contribution in [2.75, 3.05) is 4.90 Å². The molecule has 2 aliphatic rings. The van der Waals surface area contributed by atoms with E-state index in [0.717, 1.165) is 13.8 Å². The maximum absolute atomic E-state index is 14.6. The van der Waals surface area contributed by atoms with Crippen LogP contribution in [0.25, 0.3) is 11.1 Å². The van der Waals surface area contributed by atoms with Crippen LogP contribution >= 0.6 is 0 Å². The topological polar surface area (TPSA) is 59.0 Å². The van der Waals surface area contributed by atoms with Crippen LogP contribution in [0, 0.1) is 34.9 Å². The Morgan fingerprint density at radius 3 is 1.94 bits per heavy atom. The van der Waals surface area contributed by atoms with Crippen LogP contribution < -0.4 is 9.64 Å². The lowest BCUT2D eigenvalue weighted by molar-refractivity contribution is -0.364. The van der Waals surface area contributed by atoms with Crippen molar-refractivity contribution in [3.8, 4) is 16.9 Å². The predicted octanol–water partition coefficient (Wildman–Crippen LogP) is 3.96. The van der Waals surface area contributed by atoms with Gasteiger partial charge in [0.25, 0.3) is 0 Å². The van der Waals surface area contributed by atoms with Gasteiger partial charge in [-0.2, -0.15) is 8.78 Å². The van der Waals surface area contributed by atoms with Crippen molar-refractivity contribution in [3.05, 3.63) is 47.0 Å². The van der Waals surface area contributed by atoms with Gasteiger partial charge in [-0.1, -0.05) is 0 Å². The molecule has 0 amide bonds. The quantitative estimate of drug-likeness (QED) is 0.306. The molecule has 2 aromatic carbocycles. The molecule has 13 heteroatoms. The number of hydrogen-bond acceptors (Lipinski definition) is 5. The highest BCUT2D eigenvalue weighted by Gasteiger charge is 2.75. The number of nitrogens with zero attached hydrogens (tertiary/aromatic N) is 1. The van der Waals surface area contributed by atoms with E-state index in [9.17, 15) is 45.0 Å². The number of rotatable bonds is 1. The first-order chi connectivity index (χ1) is 14.1. The van der Waals surface area contributed by atoms with Crippen molar-refractivity contribution in [2.45, 2.75) is 31.4 Å². The summed E-state index contributed by atoms with van der Waals surface area (Å²) in [5.74, 6) is -19.8. The van der Waals surface area contributed by atoms with Crippen LogP contribution in [0.5, 0.6) is 5.75 Å².